The topological polar surface area (TPSA) is 52.6 Å². The maximum atomic E-state index is 12.1. The van der Waals surface area contributed by atoms with Crippen molar-refractivity contribution in [1.29, 1.82) is 0 Å². The number of methoxy groups -OCH3 is 1. The molecule has 0 aromatic heterocycles. The van der Waals surface area contributed by atoms with Crippen LogP contribution in [0.2, 0.25) is 0 Å². The lowest BCUT2D eigenvalue weighted by molar-refractivity contribution is 0.0470. The molecular formula is C17H15IO4. The van der Waals surface area contributed by atoms with Crippen molar-refractivity contribution in [3.63, 3.8) is 0 Å². The van der Waals surface area contributed by atoms with Crippen molar-refractivity contribution in [2.45, 2.75) is 13.5 Å². The van der Waals surface area contributed by atoms with Crippen LogP contribution >= 0.6 is 22.6 Å². The first-order valence-corrected chi connectivity index (χ1v) is 7.69. The number of hydrogen-bond donors (Lipinski definition) is 0. The molecule has 5 heteroatoms. The van der Waals surface area contributed by atoms with Crippen molar-refractivity contribution >= 4 is 34.3 Å². The predicted octanol–water partition coefficient (Wildman–Crippen LogP) is 3.86. The third-order valence-corrected chi connectivity index (χ3v) is 3.78. The predicted molar refractivity (Wildman–Crippen MR) is 91.3 cm³/mol. The number of ketones is 1. The number of carbonyl (C=O) groups is 2. The number of esters is 1. The van der Waals surface area contributed by atoms with Gasteiger partial charge in [0, 0.05) is 14.7 Å². The molecule has 0 aliphatic heterocycles. The van der Waals surface area contributed by atoms with Crippen LogP contribution in [0, 0.1) is 3.57 Å². The number of benzene rings is 2. The number of Topliss-reactive ketones (excluding diaryl/α,β-unsaturated/α-hetero) is 1. The highest BCUT2D eigenvalue weighted by atomic mass is 127. The quantitative estimate of drug-likeness (QED) is 0.427. The molecule has 0 bridgehead atoms. The molecule has 0 N–H and O–H groups in total. The van der Waals surface area contributed by atoms with Crippen LogP contribution in [0.25, 0.3) is 0 Å². The Labute approximate surface area is 142 Å². The smallest absolute Gasteiger partial charge is 0.338 e. The van der Waals surface area contributed by atoms with Crippen molar-refractivity contribution in [1.82, 2.24) is 0 Å². The van der Waals surface area contributed by atoms with Crippen LogP contribution < -0.4 is 4.74 Å². The molecule has 0 amide bonds. The normalized spacial score (nSPS) is 10.1. The largest absolute Gasteiger partial charge is 0.496 e. The second-order valence-electron chi connectivity index (χ2n) is 4.67. The average Bonchev–Trinajstić information content (AvgIpc) is 2.52. The second kappa shape index (κ2) is 7.40. The Morgan fingerprint density at radius 3 is 2.50 bits per heavy atom. The first-order chi connectivity index (χ1) is 10.5. The minimum atomic E-state index is -0.409. The van der Waals surface area contributed by atoms with E-state index in [4.69, 9.17) is 9.47 Å². The van der Waals surface area contributed by atoms with Crippen molar-refractivity contribution in [3.8, 4) is 5.75 Å². The van der Waals surface area contributed by atoms with Gasteiger partial charge in [0.15, 0.2) is 5.78 Å². The van der Waals surface area contributed by atoms with Gasteiger partial charge in [-0.05, 0) is 65.9 Å². The third kappa shape index (κ3) is 4.07. The Hall–Kier alpha value is -1.89. The molecule has 0 aliphatic carbocycles. The van der Waals surface area contributed by atoms with E-state index in [1.54, 1.807) is 36.4 Å². The van der Waals surface area contributed by atoms with Gasteiger partial charge >= 0.3 is 5.97 Å². The van der Waals surface area contributed by atoms with Crippen molar-refractivity contribution < 1.29 is 19.1 Å². The maximum Gasteiger partial charge on any atom is 0.338 e. The summed E-state index contributed by atoms with van der Waals surface area (Å²) in [5, 5.41) is 0. The average molecular weight is 410 g/mol. The molecule has 0 spiro atoms. The van der Waals surface area contributed by atoms with Crippen LogP contribution in [-0.4, -0.2) is 18.9 Å². The van der Waals surface area contributed by atoms with E-state index >= 15 is 0 Å². The SMILES string of the molecule is COc1ccc(C(C)=O)cc1COC(=O)c1cccc(I)c1. The zero-order chi connectivity index (χ0) is 16.1. The van der Waals surface area contributed by atoms with Gasteiger partial charge in [0.05, 0.1) is 12.7 Å². The Morgan fingerprint density at radius 1 is 1.09 bits per heavy atom. The summed E-state index contributed by atoms with van der Waals surface area (Å²) in [4.78, 5) is 23.5. The molecule has 0 radical (unpaired) electrons. The first kappa shape index (κ1) is 16.5. The number of ether oxygens (including phenoxy) is 2. The van der Waals surface area contributed by atoms with E-state index in [0.717, 1.165) is 3.57 Å². The zero-order valence-electron chi connectivity index (χ0n) is 12.3. The number of rotatable bonds is 5. The Kier molecular flexibility index (Phi) is 5.54. The van der Waals surface area contributed by atoms with Gasteiger partial charge in [-0.2, -0.15) is 0 Å². The van der Waals surface area contributed by atoms with Crippen LogP contribution in [0.15, 0.2) is 42.5 Å². The first-order valence-electron chi connectivity index (χ1n) is 6.62. The van der Waals surface area contributed by atoms with Gasteiger partial charge in [-0.15, -0.1) is 0 Å². The van der Waals surface area contributed by atoms with Gasteiger partial charge in [0.25, 0.3) is 0 Å². The second-order valence-corrected chi connectivity index (χ2v) is 5.91. The van der Waals surface area contributed by atoms with E-state index in [2.05, 4.69) is 22.6 Å². The summed E-state index contributed by atoms with van der Waals surface area (Å²) < 4.78 is 11.5. The van der Waals surface area contributed by atoms with Gasteiger partial charge in [-0.3, -0.25) is 4.79 Å². The molecule has 2 rings (SSSR count). The fourth-order valence-corrected chi connectivity index (χ4v) is 2.50. The Morgan fingerprint density at radius 2 is 1.86 bits per heavy atom. The zero-order valence-corrected chi connectivity index (χ0v) is 14.4. The molecule has 0 atom stereocenters. The lowest BCUT2D eigenvalue weighted by atomic mass is 10.1. The van der Waals surface area contributed by atoms with Gasteiger partial charge in [0.2, 0.25) is 0 Å². The number of carbonyl (C=O) groups excluding carboxylic acids is 2. The van der Waals surface area contributed by atoms with Crippen LogP contribution in [0.4, 0.5) is 0 Å². The van der Waals surface area contributed by atoms with E-state index in [9.17, 15) is 9.59 Å². The summed E-state index contributed by atoms with van der Waals surface area (Å²) in [5.74, 6) is 0.127. The standard InChI is InChI=1S/C17H15IO4/c1-11(19)12-6-7-16(21-2)14(8-12)10-22-17(20)13-4-3-5-15(18)9-13/h3-9H,10H2,1-2H3. The molecule has 0 saturated heterocycles. The minimum Gasteiger partial charge on any atom is -0.496 e. The van der Waals surface area contributed by atoms with E-state index in [1.165, 1.54) is 14.0 Å². The monoisotopic (exact) mass is 410 g/mol. The number of halogens is 1. The lowest BCUT2D eigenvalue weighted by Gasteiger charge is -2.11. The molecule has 0 heterocycles. The summed E-state index contributed by atoms with van der Waals surface area (Å²) in [6.07, 6.45) is 0. The highest BCUT2D eigenvalue weighted by Gasteiger charge is 2.12. The minimum absolute atomic E-state index is 0.0483. The molecule has 2 aromatic rings. The van der Waals surface area contributed by atoms with E-state index < -0.39 is 5.97 Å². The molecule has 22 heavy (non-hydrogen) atoms. The summed E-state index contributed by atoms with van der Waals surface area (Å²) in [6, 6.07) is 12.2. The highest BCUT2D eigenvalue weighted by molar-refractivity contribution is 14.1. The molecule has 0 fully saturated rings. The summed E-state index contributed by atoms with van der Waals surface area (Å²) >= 11 is 2.14. The van der Waals surface area contributed by atoms with Gasteiger partial charge < -0.3 is 9.47 Å². The fourth-order valence-electron chi connectivity index (χ4n) is 1.95. The lowest BCUT2D eigenvalue weighted by Crippen LogP contribution is -2.07. The summed E-state index contributed by atoms with van der Waals surface area (Å²) in [7, 11) is 1.54. The van der Waals surface area contributed by atoms with Crippen LogP contribution in [0.3, 0.4) is 0 Å². The van der Waals surface area contributed by atoms with Crippen molar-refractivity contribution in [2.75, 3.05) is 7.11 Å². The molecule has 2 aromatic carbocycles. The van der Waals surface area contributed by atoms with Gasteiger partial charge in [-0.25, -0.2) is 4.79 Å². The Balaban J connectivity index is 2.15. The third-order valence-electron chi connectivity index (χ3n) is 3.11. The molecule has 114 valence electrons. The van der Waals surface area contributed by atoms with E-state index in [1.807, 2.05) is 6.07 Å². The Bertz CT molecular complexity index is 710. The van der Waals surface area contributed by atoms with Crippen LogP contribution in [-0.2, 0) is 11.3 Å². The van der Waals surface area contributed by atoms with Crippen molar-refractivity contribution in [2.24, 2.45) is 0 Å². The summed E-state index contributed by atoms with van der Waals surface area (Å²) in [6.45, 7) is 1.54. The molecule has 4 nitrogen and oxygen atoms in total. The maximum absolute atomic E-state index is 12.1. The molecular weight excluding hydrogens is 395 g/mol. The van der Waals surface area contributed by atoms with Gasteiger partial charge in [-0.1, -0.05) is 6.07 Å². The molecule has 0 saturated carbocycles. The fraction of sp³-hybridized carbons (Fsp3) is 0.176. The highest BCUT2D eigenvalue weighted by Crippen LogP contribution is 2.22. The summed E-state index contributed by atoms with van der Waals surface area (Å²) in [5.41, 5.74) is 1.71. The number of hydrogen-bond acceptors (Lipinski definition) is 4. The van der Waals surface area contributed by atoms with Crippen LogP contribution in [0.5, 0.6) is 5.75 Å². The van der Waals surface area contributed by atoms with Crippen molar-refractivity contribution in [3.05, 3.63) is 62.7 Å². The molecule has 0 unspecified atom stereocenters. The molecule has 0 aliphatic rings. The van der Waals surface area contributed by atoms with E-state index in [-0.39, 0.29) is 12.4 Å². The van der Waals surface area contributed by atoms with Crippen LogP contribution in [0.1, 0.15) is 33.2 Å². The van der Waals surface area contributed by atoms with Gasteiger partial charge in [0.1, 0.15) is 12.4 Å². The van der Waals surface area contributed by atoms with E-state index in [0.29, 0.717) is 22.4 Å².